The molecule has 0 bridgehead atoms. The Morgan fingerprint density at radius 2 is 1.86 bits per heavy atom. The summed E-state index contributed by atoms with van der Waals surface area (Å²) in [4.78, 5) is 16.4. The summed E-state index contributed by atoms with van der Waals surface area (Å²) in [6.45, 7) is 5.84. The topological polar surface area (TPSA) is 43.8 Å². The molecule has 0 radical (unpaired) electrons. The molecule has 1 aliphatic rings. The molecule has 1 heterocycles. The fraction of sp³-hybridized carbons (Fsp3) is 0.562. The third-order valence-electron chi connectivity index (χ3n) is 3.93. The number of halogens is 1. The van der Waals surface area contributed by atoms with Crippen molar-refractivity contribution in [3.63, 3.8) is 0 Å². The van der Waals surface area contributed by atoms with Gasteiger partial charge >= 0.3 is 0 Å². The van der Waals surface area contributed by atoms with Crippen LogP contribution in [0.2, 0.25) is 5.02 Å². The van der Waals surface area contributed by atoms with Gasteiger partial charge in [0, 0.05) is 37.7 Å². The summed E-state index contributed by atoms with van der Waals surface area (Å²) < 4.78 is 0. The summed E-state index contributed by atoms with van der Waals surface area (Å²) in [6.07, 6.45) is 0.936. The number of aliphatic hydroxyl groups is 1. The van der Waals surface area contributed by atoms with Crippen LogP contribution in [0.1, 0.15) is 18.9 Å². The number of amides is 1. The molecule has 21 heavy (non-hydrogen) atoms. The number of carbonyl (C=O) groups is 1. The smallest absolute Gasteiger partial charge is 0.227 e. The second kappa shape index (κ2) is 7.78. The Morgan fingerprint density at radius 3 is 2.43 bits per heavy atom. The first-order chi connectivity index (χ1) is 10.1. The van der Waals surface area contributed by atoms with Gasteiger partial charge in [-0.3, -0.25) is 9.69 Å². The van der Waals surface area contributed by atoms with Gasteiger partial charge in [-0.15, -0.1) is 0 Å². The maximum Gasteiger partial charge on any atom is 0.227 e. The van der Waals surface area contributed by atoms with Gasteiger partial charge in [-0.05, 0) is 24.1 Å². The van der Waals surface area contributed by atoms with E-state index in [2.05, 4.69) is 4.90 Å². The van der Waals surface area contributed by atoms with E-state index in [1.165, 1.54) is 0 Å². The van der Waals surface area contributed by atoms with Gasteiger partial charge in [0.25, 0.3) is 0 Å². The minimum absolute atomic E-state index is 0.160. The number of hydrogen-bond acceptors (Lipinski definition) is 3. The molecule has 1 aliphatic heterocycles. The first-order valence-electron chi connectivity index (χ1n) is 7.51. The predicted octanol–water partition coefficient (Wildman–Crippen LogP) is 1.80. The van der Waals surface area contributed by atoms with E-state index >= 15 is 0 Å². The molecule has 0 saturated carbocycles. The first-order valence-corrected chi connectivity index (χ1v) is 7.89. The Hall–Kier alpha value is -1.10. The number of rotatable bonds is 5. The van der Waals surface area contributed by atoms with E-state index in [9.17, 15) is 9.90 Å². The monoisotopic (exact) mass is 310 g/mol. The highest BCUT2D eigenvalue weighted by atomic mass is 35.5. The Morgan fingerprint density at radius 1 is 1.24 bits per heavy atom. The van der Waals surface area contributed by atoms with Crippen molar-refractivity contribution >= 4 is 17.5 Å². The number of aliphatic hydroxyl groups excluding tert-OH is 1. The third-order valence-corrected chi connectivity index (χ3v) is 4.19. The Kier molecular flexibility index (Phi) is 6.03. The van der Waals surface area contributed by atoms with Gasteiger partial charge in [-0.1, -0.05) is 30.7 Å². The summed E-state index contributed by atoms with van der Waals surface area (Å²) in [5, 5.41) is 10.4. The molecule has 1 amide bonds. The molecule has 0 spiro atoms. The highest BCUT2D eigenvalue weighted by Gasteiger charge is 2.22. The lowest BCUT2D eigenvalue weighted by atomic mass is 10.1. The summed E-state index contributed by atoms with van der Waals surface area (Å²) in [5.41, 5.74) is 0.994. The van der Waals surface area contributed by atoms with Crippen molar-refractivity contribution in [2.24, 2.45) is 0 Å². The Bertz CT molecular complexity index is 456. The fourth-order valence-corrected chi connectivity index (χ4v) is 2.62. The lowest BCUT2D eigenvalue weighted by molar-refractivity contribution is -0.132. The minimum Gasteiger partial charge on any atom is -0.392 e. The fourth-order valence-electron chi connectivity index (χ4n) is 2.50. The second-order valence-corrected chi connectivity index (χ2v) is 5.98. The zero-order valence-electron chi connectivity index (χ0n) is 12.5. The van der Waals surface area contributed by atoms with E-state index in [1.54, 1.807) is 0 Å². The van der Waals surface area contributed by atoms with Crippen LogP contribution in [0, 0.1) is 0 Å². The average Bonchev–Trinajstić information content (AvgIpc) is 2.50. The van der Waals surface area contributed by atoms with Gasteiger partial charge in [-0.2, -0.15) is 0 Å². The van der Waals surface area contributed by atoms with Crippen molar-refractivity contribution < 1.29 is 9.90 Å². The molecule has 1 aromatic rings. The molecule has 1 unspecified atom stereocenters. The van der Waals surface area contributed by atoms with Crippen LogP contribution >= 0.6 is 11.6 Å². The molecule has 0 aliphatic carbocycles. The van der Waals surface area contributed by atoms with Crippen LogP contribution < -0.4 is 0 Å². The number of piperazine rings is 1. The highest BCUT2D eigenvalue weighted by molar-refractivity contribution is 6.30. The zero-order valence-corrected chi connectivity index (χ0v) is 13.2. The number of hydrogen-bond donors (Lipinski definition) is 1. The van der Waals surface area contributed by atoms with Gasteiger partial charge in [-0.25, -0.2) is 0 Å². The van der Waals surface area contributed by atoms with Crippen LogP contribution in [-0.2, 0) is 11.2 Å². The molecule has 5 heteroatoms. The number of β-amino-alcohol motifs (C(OH)–C–C–N with tert-alkyl or cyclic N) is 1. The van der Waals surface area contributed by atoms with Crippen LogP contribution in [0.15, 0.2) is 24.3 Å². The lowest BCUT2D eigenvalue weighted by Crippen LogP contribution is -2.50. The number of benzene rings is 1. The molecule has 1 saturated heterocycles. The molecule has 1 aromatic carbocycles. The predicted molar refractivity (Wildman–Crippen MR) is 84.5 cm³/mol. The van der Waals surface area contributed by atoms with Gasteiger partial charge in [0.15, 0.2) is 0 Å². The maximum atomic E-state index is 12.3. The highest BCUT2D eigenvalue weighted by Crippen LogP contribution is 2.12. The third kappa shape index (κ3) is 4.99. The van der Waals surface area contributed by atoms with Crippen LogP contribution in [-0.4, -0.2) is 59.6 Å². The quantitative estimate of drug-likeness (QED) is 0.902. The lowest BCUT2D eigenvalue weighted by Gasteiger charge is -2.35. The van der Waals surface area contributed by atoms with E-state index in [1.807, 2.05) is 36.1 Å². The van der Waals surface area contributed by atoms with E-state index in [0.29, 0.717) is 18.0 Å². The molecule has 1 N–H and O–H groups in total. The van der Waals surface area contributed by atoms with Gasteiger partial charge < -0.3 is 10.0 Å². The van der Waals surface area contributed by atoms with Crippen LogP contribution in [0.4, 0.5) is 0 Å². The van der Waals surface area contributed by atoms with Gasteiger partial charge in [0.1, 0.15) is 0 Å². The normalized spacial score (nSPS) is 17.8. The molecule has 0 aromatic heterocycles. The van der Waals surface area contributed by atoms with Crippen LogP contribution in [0.5, 0.6) is 0 Å². The van der Waals surface area contributed by atoms with Crippen molar-refractivity contribution in [3.05, 3.63) is 34.9 Å². The summed E-state index contributed by atoms with van der Waals surface area (Å²) in [6, 6.07) is 7.42. The Balaban J connectivity index is 1.79. The van der Waals surface area contributed by atoms with Crippen molar-refractivity contribution in [1.82, 2.24) is 9.80 Å². The molecule has 1 fully saturated rings. The zero-order chi connectivity index (χ0) is 15.2. The molecule has 1 atom stereocenters. The van der Waals surface area contributed by atoms with E-state index in [-0.39, 0.29) is 12.0 Å². The van der Waals surface area contributed by atoms with Crippen molar-refractivity contribution in [1.29, 1.82) is 0 Å². The second-order valence-electron chi connectivity index (χ2n) is 5.55. The van der Waals surface area contributed by atoms with E-state index in [0.717, 1.165) is 38.2 Å². The molecular formula is C16H23ClN2O2. The molecule has 2 rings (SSSR count). The Labute approximate surface area is 131 Å². The minimum atomic E-state index is -0.263. The maximum absolute atomic E-state index is 12.3. The first kappa shape index (κ1) is 16.3. The largest absolute Gasteiger partial charge is 0.392 e. The number of nitrogens with zero attached hydrogens (tertiary/aromatic N) is 2. The van der Waals surface area contributed by atoms with E-state index < -0.39 is 0 Å². The van der Waals surface area contributed by atoms with Crippen LogP contribution in [0.3, 0.4) is 0 Å². The van der Waals surface area contributed by atoms with E-state index in [4.69, 9.17) is 11.6 Å². The average molecular weight is 311 g/mol. The number of carbonyl (C=O) groups excluding carboxylic acids is 1. The molecule has 116 valence electrons. The van der Waals surface area contributed by atoms with Gasteiger partial charge in [0.2, 0.25) is 5.91 Å². The standard InChI is InChI=1S/C16H23ClN2O2/c1-2-15(20)12-18-7-9-19(10-8-18)16(21)11-13-3-5-14(17)6-4-13/h3-6,15,20H,2,7-12H2,1H3. The van der Waals surface area contributed by atoms with Gasteiger partial charge in [0.05, 0.1) is 12.5 Å². The SMILES string of the molecule is CCC(O)CN1CCN(C(=O)Cc2ccc(Cl)cc2)CC1. The van der Waals surface area contributed by atoms with Crippen molar-refractivity contribution in [2.75, 3.05) is 32.7 Å². The summed E-state index contributed by atoms with van der Waals surface area (Å²) in [7, 11) is 0. The summed E-state index contributed by atoms with van der Waals surface area (Å²) >= 11 is 5.85. The van der Waals surface area contributed by atoms with Crippen molar-refractivity contribution in [3.8, 4) is 0 Å². The molecular weight excluding hydrogens is 288 g/mol. The van der Waals surface area contributed by atoms with Crippen molar-refractivity contribution in [2.45, 2.75) is 25.9 Å². The van der Waals surface area contributed by atoms with Crippen LogP contribution in [0.25, 0.3) is 0 Å². The molecule has 4 nitrogen and oxygen atoms in total. The summed E-state index contributed by atoms with van der Waals surface area (Å²) in [5.74, 6) is 0.160.